The summed E-state index contributed by atoms with van der Waals surface area (Å²) < 4.78 is 16.2. The highest BCUT2D eigenvalue weighted by Gasteiger charge is 2.20. The van der Waals surface area contributed by atoms with Crippen molar-refractivity contribution in [3.05, 3.63) is 17.7 Å². The highest BCUT2D eigenvalue weighted by atomic mass is 16.5. The van der Waals surface area contributed by atoms with Crippen LogP contribution in [0.4, 0.5) is 0 Å². The maximum absolute atomic E-state index is 5.66. The topological polar surface area (TPSA) is 57.0 Å². The molecule has 0 spiro atoms. The zero-order valence-electron chi connectivity index (χ0n) is 13.9. The molecule has 0 saturated carbocycles. The molecule has 1 aromatic rings. The van der Waals surface area contributed by atoms with Crippen LogP contribution >= 0.6 is 0 Å². The van der Waals surface area contributed by atoms with Crippen molar-refractivity contribution in [2.24, 2.45) is 11.7 Å². The average Bonchev–Trinajstić information content (AvgIpc) is 2.56. The Morgan fingerprint density at radius 1 is 1.05 bits per heavy atom. The van der Waals surface area contributed by atoms with E-state index in [2.05, 4.69) is 4.90 Å². The molecular formula is C17H28N2O3. The molecule has 0 aromatic heterocycles. The Labute approximate surface area is 133 Å². The van der Waals surface area contributed by atoms with E-state index in [0.717, 1.165) is 50.0 Å². The zero-order chi connectivity index (χ0) is 15.9. The van der Waals surface area contributed by atoms with E-state index in [9.17, 15) is 0 Å². The maximum atomic E-state index is 5.66. The maximum Gasteiger partial charge on any atom is 0.203 e. The summed E-state index contributed by atoms with van der Waals surface area (Å²) in [5.41, 5.74) is 6.84. The predicted molar refractivity (Wildman–Crippen MR) is 87.8 cm³/mol. The van der Waals surface area contributed by atoms with E-state index in [4.69, 9.17) is 19.9 Å². The molecule has 0 radical (unpaired) electrons. The Balaban J connectivity index is 2.04. The van der Waals surface area contributed by atoms with Gasteiger partial charge in [0.05, 0.1) is 21.3 Å². The van der Waals surface area contributed by atoms with Gasteiger partial charge in [-0.15, -0.1) is 0 Å². The molecule has 2 N–H and O–H groups in total. The number of ether oxygens (including phenoxy) is 3. The summed E-state index contributed by atoms with van der Waals surface area (Å²) in [6.07, 6.45) is 3.63. The Morgan fingerprint density at radius 3 is 2.09 bits per heavy atom. The summed E-state index contributed by atoms with van der Waals surface area (Å²) in [7, 11) is 4.93. The molecule has 1 heterocycles. The standard InChI is InChI=1S/C17H28N2O3/c1-20-15-10-14(11-16(21-2)17(15)22-3)12-19-8-5-13(4-7-18)6-9-19/h10-11,13H,4-9,12,18H2,1-3H3. The lowest BCUT2D eigenvalue weighted by molar-refractivity contribution is 0.173. The van der Waals surface area contributed by atoms with Crippen LogP contribution in [0.5, 0.6) is 17.2 Å². The summed E-state index contributed by atoms with van der Waals surface area (Å²) in [4.78, 5) is 2.48. The van der Waals surface area contributed by atoms with Crippen LogP contribution in [0, 0.1) is 5.92 Å². The molecule has 0 amide bonds. The zero-order valence-corrected chi connectivity index (χ0v) is 13.9. The molecule has 124 valence electrons. The second-order valence-electron chi connectivity index (χ2n) is 5.83. The van der Waals surface area contributed by atoms with E-state index in [1.165, 1.54) is 18.4 Å². The number of hydrogen-bond acceptors (Lipinski definition) is 5. The van der Waals surface area contributed by atoms with E-state index in [1.54, 1.807) is 21.3 Å². The molecular weight excluding hydrogens is 280 g/mol. The number of piperidine rings is 1. The number of nitrogens with zero attached hydrogens (tertiary/aromatic N) is 1. The minimum absolute atomic E-state index is 0.649. The molecule has 1 fully saturated rings. The summed E-state index contributed by atoms with van der Waals surface area (Å²) in [6, 6.07) is 4.07. The van der Waals surface area contributed by atoms with Crippen molar-refractivity contribution >= 4 is 0 Å². The smallest absolute Gasteiger partial charge is 0.203 e. The Morgan fingerprint density at radius 2 is 1.64 bits per heavy atom. The van der Waals surface area contributed by atoms with Gasteiger partial charge < -0.3 is 19.9 Å². The molecule has 0 atom stereocenters. The molecule has 1 saturated heterocycles. The molecule has 1 aromatic carbocycles. The second-order valence-corrected chi connectivity index (χ2v) is 5.83. The van der Waals surface area contributed by atoms with Crippen molar-refractivity contribution in [3.8, 4) is 17.2 Å². The van der Waals surface area contributed by atoms with E-state index in [0.29, 0.717) is 5.75 Å². The third-order valence-electron chi connectivity index (χ3n) is 4.41. The second kappa shape index (κ2) is 8.25. The molecule has 5 heteroatoms. The SMILES string of the molecule is COc1cc(CN2CCC(CCN)CC2)cc(OC)c1OC. The van der Waals surface area contributed by atoms with Crippen LogP contribution in [-0.4, -0.2) is 45.9 Å². The van der Waals surface area contributed by atoms with Gasteiger partial charge >= 0.3 is 0 Å². The average molecular weight is 308 g/mol. The van der Waals surface area contributed by atoms with Crippen molar-refractivity contribution < 1.29 is 14.2 Å². The van der Waals surface area contributed by atoms with Crippen molar-refractivity contribution in [3.63, 3.8) is 0 Å². The predicted octanol–water partition coefficient (Wildman–Crippen LogP) is 2.27. The van der Waals surface area contributed by atoms with Crippen molar-refractivity contribution in [1.82, 2.24) is 4.90 Å². The van der Waals surface area contributed by atoms with Crippen molar-refractivity contribution in [2.75, 3.05) is 41.0 Å². The molecule has 0 bridgehead atoms. The third-order valence-corrected chi connectivity index (χ3v) is 4.41. The number of likely N-dealkylation sites (tertiary alicyclic amines) is 1. The lowest BCUT2D eigenvalue weighted by Crippen LogP contribution is -2.33. The summed E-state index contributed by atoms with van der Waals surface area (Å²) in [5, 5.41) is 0. The van der Waals surface area contributed by atoms with Crippen LogP contribution in [0.25, 0.3) is 0 Å². The Bertz CT molecular complexity index is 446. The molecule has 1 aliphatic rings. The number of hydrogen-bond donors (Lipinski definition) is 1. The van der Waals surface area contributed by atoms with Crippen molar-refractivity contribution in [2.45, 2.75) is 25.8 Å². The molecule has 2 rings (SSSR count). The largest absolute Gasteiger partial charge is 0.493 e. The highest BCUT2D eigenvalue weighted by molar-refractivity contribution is 5.53. The molecule has 5 nitrogen and oxygen atoms in total. The van der Waals surface area contributed by atoms with Gasteiger partial charge in [-0.05, 0) is 62.5 Å². The lowest BCUT2D eigenvalue weighted by Gasteiger charge is -2.32. The molecule has 0 aliphatic carbocycles. The van der Waals surface area contributed by atoms with Gasteiger partial charge in [0.25, 0.3) is 0 Å². The third kappa shape index (κ3) is 4.05. The van der Waals surface area contributed by atoms with Gasteiger partial charge in [-0.2, -0.15) is 0 Å². The fourth-order valence-electron chi connectivity index (χ4n) is 3.15. The normalized spacial score (nSPS) is 16.5. The Kier molecular flexibility index (Phi) is 6.34. The van der Waals surface area contributed by atoms with Crippen LogP contribution in [0.3, 0.4) is 0 Å². The minimum Gasteiger partial charge on any atom is -0.493 e. The number of benzene rings is 1. The monoisotopic (exact) mass is 308 g/mol. The van der Waals surface area contributed by atoms with Crippen LogP contribution in [-0.2, 0) is 6.54 Å². The quantitative estimate of drug-likeness (QED) is 0.837. The van der Waals surface area contributed by atoms with Crippen molar-refractivity contribution in [1.29, 1.82) is 0 Å². The lowest BCUT2D eigenvalue weighted by atomic mass is 9.93. The van der Waals surface area contributed by atoms with Gasteiger partial charge in [-0.25, -0.2) is 0 Å². The van der Waals surface area contributed by atoms with Gasteiger partial charge in [0.15, 0.2) is 11.5 Å². The number of rotatable bonds is 7. The van der Waals surface area contributed by atoms with E-state index >= 15 is 0 Å². The number of nitrogens with two attached hydrogens (primary N) is 1. The summed E-state index contributed by atoms with van der Waals surface area (Å²) in [6.45, 7) is 3.96. The van der Waals surface area contributed by atoms with Crippen LogP contribution in [0.15, 0.2) is 12.1 Å². The van der Waals surface area contributed by atoms with Crippen LogP contribution in [0.1, 0.15) is 24.8 Å². The first-order valence-corrected chi connectivity index (χ1v) is 7.93. The first-order valence-electron chi connectivity index (χ1n) is 7.93. The van der Waals surface area contributed by atoms with E-state index in [1.807, 2.05) is 12.1 Å². The fraction of sp³-hybridized carbons (Fsp3) is 0.647. The first kappa shape index (κ1) is 16.9. The molecule has 22 heavy (non-hydrogen) atoms. The molecule has 1 aliphatic heterocycles. The van der Waals surface area contributed by atoms with Gasteiger partial charge in [0, 0.05) is 6.54 Å². The van der Waals surface area contributed by atoms with Crippen LogP contribution in [0.2, 0.25) is 0 Å². The fourth-order valence-corrected chi connectivity index (χ4v) is 3.15. The van der Waals surface area contributed by atoms with Gasteiger partial charge in [-0.1, -0.05) is 0 Å². The highest BCUT2D eigenvalue weighted by Crippen LogP contribution is 2.38. The summed E-state index contributed by atoms with van der Waals surface area (Å²) in [5.74, 6) is 2.88. The van der Waals surface area contributed by atoms with Gasteiger partial charge in [-0.3, -0.25) is 4.90 Å². The van der Waals surface area contributed by atoms with E-state index in [-0.39, 0.29) is 0 Å². The molecule has 0 unspecified atom stereocenters. The van der Waals surface area contributed by atoms with Gasteiger partial charge in [0.1, 0.15) is 0 Å². The summed E-state index contributed by atoms with van der Waals surface area (Å²) >= 11 is 0. The van der Waals surface area contributed by atoms with E-state index < -0.39 is 0 Å². The minimum atomic E-state index is 0.649. The first-order chi connectivity index (χ1) is 10.7. The Hall–Kier alpha value is -1.46. The van der Waals surface area contributed by atoms with Gasteiger partial charge in [0.2, 0.25) is 5.75 Å². The number of methoxy groups -OCH3 is 3. The van der Waals surface area contributed by atoms with Crippen LogP contribution < -0.4 is 19.9 Å².